The van der Waals surface area contributed by atoms with Crippen LogP contribution < -0.4 is 0 Å². The van der Waals surface area contributed by atoms with Crippen molar-refractivity contribution in [1.29, 1.82) is 0 Å². The standard InChI is InChI=1S/C36H75N/c1-4-7-8-9-10-11-12-13-14-15-16-17-18-19-20-21-22-23-24-25-26-27-28-29-30-31-32-33-34-35-36-37(5-2)6-3/h4-36H2,1-3H3. The quantitative estimate of drug-likeness (QED) is 0.0776. The maximum atomic E-state index is 2.56. The summed E-state index contributed by atoms with van der Waals surface area (Å²) in [5.41, 5.74) is 0. The summed E-state index contributed by atoms with van der Waals surface area (Å²) in [6.45, 7) is 10.6. The molecular formula is C36H75N. The van der Waals surface area contributed by atoms with Crippen LogP contribution in [-0.4, -0.2) is 24.5 Å². The molecule has 0 unspecified atom stereocenters. The highest BCUT2D eigenvalue weighted by Gasteiger charge is 1.99. The maximum Gasteiger partial charge on any atom is -0.00190 e. The van der Waals surface area contributed by atoms with E-state index in [1.54, 1.807) is 0 Å². The second-order valence-corrected chi connectivity index (χ2v) is 12.3. The third-order valence-corrected chi connectivity index (χ3v) is 8.72. The Bertz CT molecular complexity index is 375. The topological polar surface area (TPSA) is 3.24 Å². The molecule has 0 amide bonds. The smallest absolute Gasteiger partial charge is 0.00190 e. The molecule has 0 N–H and O–H groups in total. The Kier molecular flexibility index (Phi) is 34.0. The van der Waals surface area contributed by atoms with E-state index >= 15 is 0 Å². The highest BCUT2D eigenvalue weighted by molar-refractivity contribution is 4.54. The largest absolute Gasteiger partial charge is 0.304 e. The Morgan fingerprint density at radius 3 is 0.622 bits per heavy atom. The third-order valence-electron chi connectivity index (χ3n) is 8.72. The van der Waals surface area contributed by atoms with Crippen molar-refractivity contribution in [2.24, 2.45) is 0 Å². The Morgan fingerprint density at radius 1 is 0.243 bits per heavy atom. The van der Waals surface area contributed by atoms with Crippen LogP contribution in [0.25, 0.3) is 0 Å². The van der Waals surface area contributed by atoms with Crippen molar-refractivity contribution in [2.75, 3.05) is 19.6 Å². The summed E-state index contributed by atoms with van der Waals surface area (Å²) >= 11 is 0. The van der Waals surface area contributed by atoms with Gasteiger partial charge in [-0.3, -0.25) is 0 Å². The first-order valence-corrected chi connectivity index (χ1v) is 18.1. The van der Waals surface area contributed by atoms with Gasteiger partial charge >= 0.3 is 0 Å². The summed E-state index contributed by atoms with van der Waals surface area (Å²) in [6, 6.07) is 0. The molecule has 0 spiro atoms. The van der Waals surface area contributed by atoms with Crippen molar-refractivity contribution < 1.29 is 0 Å². The molecule has 0 saturated carbocycles. The van der Waals surface area contributed by atoms with Gasteiger partial charge in [-0.05, 0) is 26.1 Å². The van der Waals surface area contributed by atoms with Gasteiger partial charge in [0.25, 0.3) is 0 Å². The number of unbranched alkanes of at least 4 members (excludes halogenated alkanes) is 29. The molecule has 0 radical (unpaired) electrons. The molecule has 0 rings (SSSR count). The SMILES string of the molecule is CCCCCCCCCCCCCCCCCCCCCCCCCCCCCCCCN(CC)CC. The molecular weight excluding hydrogens is 446 g/mol. The van der Waals surface area contributed by atoms with E-state index in [1.807, 2.05) is 0 Å². The minimum atomic E-state index is 1.22. The van der Waals surface area contributed by atoms with E-state index in [2.05, 4.69) is 25.7 Å². The molecule has 1 nitrogen and oxygen atoms in total. The van der Waals surface area contributed by atoms with Gasteiger partial charge in [0, 0.05) is 0 Å². The summed E-state index contributed by atoms with van der Waals surface area (Å²) in [7, 11) is 0. The summed E-state index contributed by atoms with van der Waals surface area (Å²) in [6.07, 6.45) is 44.3. The molecule has 1 heteroatoms. The Hall–Kier alpha value is -0.0400. The molecule has 0 aromatic rings. The molecule has 0 aliphatic carbocycles. The van der Waals surface area contributed by atoms with Crippen molar-refractivity contribution in [3.63, 3.8) is 0 Å². The van der Waals surface area contributed by atoms with Gasteiger partial charge in [0.2, 0.25) is 0 Å². The van der Waals surface area contributed by atoms with E-state index in [9.17, 15) is 0 Å². The zero-order chi connectivity index (χ0) is 26.9. The van der Waals surface area contributed by atoms with E-state index in [0.717, 1.165) is 0 Å². The van der Waals surface area contributed by atoms with Crippen LogP contribution in [0.15, 0.2) is 0 Å². The molecule has 0 bridgehead atoms. The first kappa shape index (κ1) is 37.0. The lowest BCUT2D eigenvalue weighted by Crippen LogP contribution is -2.23. The van der Waals surface area contributed by atoms with Crippen LogP contribution in [0, 0.1) is 0 Å². The van der Waals surface area contributed by atoms with E-state index in [4.69, 9.17) is 0 Å². The highest BCUT2D eigenvalue weighted by Crippen LogP contribution is 2.16. The van der Waals surface area contributed by atoms with Gasteiger partial charge in [-0.15, -0.1) is 0 Å². The van der Waals surface area contributed by atoms with Gasteiger partial charge < -0.3 is 4.90 Å². The van der Waals surface area contributed by atoms with Gasteiger partial charge in [-0.1, -0.05) is 207 Å². The molecule has 0 aliphatic rings. The van der Waals surface area contributed by atoms with Gasteiger partial charge in [0.1, 0.15) is 0 Å². The fourth-order valence-corrected chi connectivity index (χ4v) is 5.90. The number of hydrogen-bond donors (Lipinski definition) is 0. The van der Waals surface area contributed by atoms with Crippen LogP contribution in [0.1, 0.15) is 213 Å². The lowest BCUT2D eigenvalue weighted by Gasteiger charge is -2.17. The molecule has 0 atom stereocenters. The van der Waals surface area contributed by atoms with Crippen molar-refractivity contribution in [1.82, 2.24) is 4.90 Å². The molecule has 224 valence electrons. The second-order valence-electron chi connectivity index (χ2n) is 12.3. The number of nitrogens with zero attached hydrogens (tertiary/aromatic N) is 1. The fraction of sp³-hybridized carbons (Fsp3) is 1.00. The van der Waals surface area contributed by atoms with Gasteiger partial charge in [0.15, 0.2) is 0 Å². The van der Waals surface area contributed by atoms with Crippen LogP contribution >= 0.6 is 0 Å². The second kappa shape index (κ2) is 34.0. The van der Waals surface area contributed by atoms with E-state index in [0.29, 0.717) is 0 Å². The minimum Gasteiger partial charge on any atom is -0.304 e. The van der Waals surface area contributed by atoms with Crippen LogP contribution in [0.5, 0.6) is 0 Å². The first-order chi connectivity index (χ1) is 18.3. The Morgan fingerprint density at radius 2 is 0.432 bits per heavy atom. The van der Waals surface area contributed by atoms with Crippen LogP contribution in [-0.2, 0) is 0 Å². The summed E-state index contributed by atoms with van der Waals surface area (Å²) in [4.78, 5) is 2.56. The third kappa shape index (κ3) is 32.1. The van der Waals surface area contributed by atoms with Crippen LogP contribution in [0.2, 0.25) is 0 Å². The molecule has 0 aliphatic heterocycles. The van der Waals surface area contributed by atoms with E-state index in [-0.39, 0.29) is 0 Å². The minimum absolute atomic E-state index is 1.22. The van der Waals surface area contributed by atoms with Crippen LogP contribution in [0.3, 0.4) is 0 Å². The normalized spacial score (nSPS) is 11.7. The highest BCUT2D eigenvalue weighted by atomic mass is 15.1. The maximum absolute atomic E-state index is 2.56. The fourth-order valence-electron chi connectivity index (χ4n) is 5.90. The van der Waals surface area contributed by atoms with E-state index in [1.165, 1.54) is 212 Å². The molecule has 0 aromatic heterocycles. The molecule has 0 aromatic carbocycles. The van der Waals surface area contributed by atoms with Crippen molar-refractivity contribution in [2.45, 2.75) is 213 Å². The van der Waals surface area contributed by atoms with Crippen molar-refractivity contribution >= 4 is 0 Å². The van der Waals surface area contributed by atoms with Gasteiger partial charge in [0.05, 0.1) is 0 Å². The van der Waals surface area contributed by atoms with Gasteiger partial charge in [-0.25, -0.2) is 0 Å². The Balaban J connectivity index is 3.04. The Labute approximate surface area is 237 Å². The van der Waals surface area contributed by atoms with Gasteiger partial charge in [-0.2, -0.15) is 0 Å². The van der Waals surface area contributed by atoms with E-state index < -0.39 is 0 Å². The van der Waals surface area contributed by atoms with Crippen LogP contribution in [0.4, 0.5) is 0 Å². The molecule has 0 saturated heterocycles. The lowest BCUT2D eigenvalue weighted by molar-refractivity contribution is 0.295. The molecule has 37 heavy (non-hydrogen) atoms. The summed E-state index contributed by atoms with van der Waals surface area (Å²) in [5, 5.41) is 0. The molecule has 0 fully saturated rings. The summed E-state index contributed by atoms with van der Waals surface area (Å²) < 4.78 is 0. The van der Waals surface area contributed by atoms with Crippen molar-refractivity contribution in [3.8, 4) is 0 Å². The summed E-state index contributed by atoms with van der Waals surface area (Å²) in [5.74, 6) is 0. The number of hydrogen-bond acceptors (Lipinski definition) is 1. The first-order valence-electron chi connectivity index (χ1n) is 18.1. The zero-order valence-corrected chi connectivity index (χ0v) is 26.8. The van der Waals surface area contributed by atoms with Crippen molar-refractivity contribution in [3.05, 3.63) is 0 Å². The average molecular weight is 522 g/mol. The average Bonchev–Trinajstić information content (AvgIpc) is 2.92. The predicted molar refractivity (Wildman–Crippen MR) is 172 cm³/mol. The number of rotatable bonds is 33. The monoisotopic (exact) mass is 522 g/mol. The zero-order valence-electron chi connectivity index (χ0n) is 26.8. The lowest BCUT2D eigenvalue weighted by atomic mass is 10.0. The molecule has 0 heterocycles. The predicted octanol–water partition coefficient (Wildman–Crippen LogP) is 13.1.